The summed E-state index contributed by atoms with van der Waals surface area (Å²) in [6.45, 7) is 0.672. The number of anilines is 1. The molecule has 2 amide bonds. The van der Waals surface area contributed by atoms with Gasteiger partial charge in [0.05, 0.1) is 0 Å². The standard InChI is InChI=1S/C22H28N2O2/c25-21(18-19-12-6-4-7-13-19)16-10-2-1-3-11-17-23-22(26)24-20-14-8-5-9-15-20/h4-9,12-15H,1-3,10-11,16-18H2,(H2,23,24,26). The van der Waals surface area contributed by atoms with Crippen LogP contribution < -0.4 is 10.6 Å². The summed E-state index contributed by atoms with van der Waals surface area (Å²) in [6, 6.07) is 19.2. The normalized spacial score (nSPS) is 10.3. The molecule has 138 valence electrons. The molecule has 0 aromatic heterocycles. The molecule has 0 fully saturated rings. The van der Waals surface area contributed by atoms with Crippen molar-refractivity contribution < 1.29 is 9.59 Å². The lowest BCUT2D eigenvalue weighted by atomic mass is 10.0. The van der Waals surface area contributed by atoms with Gasteiger partial charge in [0.2, 0.25) is 0 Å². The second-order valence-electron chi connectivity index (χ2n) is 6.47. The Kier molecular flexibility index (Phi) is 8.98. The molecule has 4 nitrogen and oxygen atoms in total. The molecule has 0 bridgehead atoms. The van der Waals surface area contributed by atoms with E-state index in [1.54, 1.807) is 0 Å². The molecule has 2 rings (SSSR count). The van der Waals surface area contributed by atoms with Gasteiger partial charge in [-0.1, -0.05) is 67.8 Å². The van der Waals surface area contributed by atoms with Gasteiger partial charge in [-0.2, -0.15) is 0 Å². The Hall–Kier alpha value is -2.62. The summed E-state index contributed by atoms with van der Waals surface area (Å²) in [6.07, 6.45) is 6.34. The van der Waals surface area contributed by atoms with Crippen molar-refractivity contribution in [2.24, 2.45) is 0 Å². The molecule has 0 atom stereocenters. The summed E-state index contributed by atoms with van der Waals surface area (Å²) in [4.78, 5) is 23.6. The minimum Gasteiger partial charge on any atom is -0.338 e. The number of benzene rings is 2. The van der Waals surface area contributed by atoms with E-state index in [9.17, 15) is 9.59 Å². The van der Waals surface area contributed by atoms with Crippen LogP contribution in [-0.2, 0) is 11.2 Å². The van der Waals surface area contributed by atoms with Gasteiger partial charge in [0.1, 0.15) is 5.78 Å². The number of urea groups is 1. The molecule has 0 heterocycles. The highest BCUT2D eigenvalue weighted by Gasteiger charge is 2.03. The maximum absolute atomic E-state index is 11.9. The van der Waals surface area contributed by atoms with Crippen molar-refractivity contribution in [1.82, 2.24) is 5.32 Å². The zero-order chi connectivity index (χ0) is 18.5. The smallest absolute Gasteiger partial charge is 0.319 e. The van der Waals surface area contributed by atoms with E-state index in [0.29, 0.717) is 25.2 Å². The van der Waals surface area contributed by atoms with Gasteiger partial charge in [-0.25, -0.2) is 4.79 Å². The van der Waals surface area contributed by atoms with Gasteiger partial charge >= 0.3 is 6.03 Å². The Balaban J connectivity index is 1.43. The Morgan fingerprint density at radius 1 is 0.731 bits per heavy atom. The maximum atomic E-state index is 11.9. The van der Waals surface area contributed by atoms with E-state index in [2.05, 4.69) is 10.6 Å². The fourth-order valence-electron chi connectivity index (χ4n) is 2.79. The minimum atomic E-state index is -0.164. The average Bonchev–Trinajstić information content (AvgIpc) is 2.65. The zero-order valence-electron chi connectivity index (χ0n) is 15.2. The molecule has 0 unspecified atom stereocenters. The summed E-state index contributed by atoms with van der Waals surface area (Å²) in [5, 5.41) is 5.66. The van der Waals surface area contributed by atoms with Crippen LogP contribution in [0.2, 0.25) is 0 Å². The topological polar surface area (TPSA) is 58.2 Å². The number of nitrogens with one attached hydrogen (secondary N) is 2. The van der Waals surface area contributed by atoms with Crippen molar-refractivity contribution in [1.29, 1.82) is 0 Å². The van der Waals surface area contributed by atoms with Gasteiger partial charge in [-0.15, -0.1) is 0 Å². The molecule has 0 aliphatic heterocycles. The molecule has 26 heavy (non-hydrogen) atoms. The molecule has 0 saturated carbocycles. The molecule has 2 N–H and O–H groups in total. The monoisotopic (exact) mass is 352 g/mol. The first-order valence-corrected chi connectivity index (χ1v) is 9.39. The van der Waals surface area contributed by atoms with E-state index in [1.165, 1.54) is 0 Å². The van der Waals surface area contributed by atoms with Crippen molar-refractivity contribution in [2.75, 3.05) is 11.9 Å². The predicted molar refractivity (Wildman–Crippen MR) is 106 cm³/mol. The molecule has 0 aliphatic rings. The van der Waals surface area contributed by atoms with Crippen molar-refractivity contribution in [3.63, 3.8) is 0 Å². The highest BCUT2D eigenvalue weighted by Crippen LogP contribution is 2.08. The maximum Gasteiger partial charge on any atom is 0.319 e. The number of hydrogen-bond donors (Lipinski definition) is 2. The lowest BCUT2D eigenvalue weighted by molar-refractivity contribution is -0.118. The Bertz CT molecular complexity index is 597. The van der Waals surface area contributed by atoms with Crippen molar-refractivity contribution in [3.8, 4) is 0 Å². The largest absolute Gasteiger partial charge is 0.338 e. The van der Waals surface area contributed by atoms with Crippen LogP contribution in [0.15, 0.2) is 60.7 Å². The van der Waals surface area contributed by atoms with Crippen LogP contribution in [0.5, 0.6) is 0 Å². The van der Waals surface area contributed by atoms with Gasteiger partial charge in [0.15, 0.2) is 0 Å². The fourth-order valence-corrected chi connectivity index (χ4v) is 2.79. The van der Waals surface area contributed by atoms with E-state index in [1.807, 2.05) is 60.7 Å². The predicted octanol–water partition coefficient (Wildman–Crippen LogP) is 4.96. The summed E-state index contributed by atoms with van der Waals surface area (Å²) in [5.41, 5.74) is 1.89. The van der Waals surface area contributed by atoms with Gasteiger partial charge in [-0.3, -0.25) is 4.79 Å². The van der Waals surface area contributed by atoms with Crippen molar-refractivity contribution >= 4 is 17.5 Å². The summed E-state index contributed by atoms with van der Waals surface area (Å²) >= 11 is 0. The van der Waals surface area contributed by atoms with E-state index in [-0.39, 0.29) is 6.03 Å². The molecule has 2 aromatic carbocycles. The molecule has 2 aromatic rings. The summed E-state index contributed by atoms with van der Waals surface area (Å²) in [5.74, 6) is 0.315. The minimum absolute atomic E-state index is 0.164. The summed E-state index contributed by atoms with van der Waals surface area (Å²) < 4.78 is 0. The van der Waals surface area contributed by atoms with Crippen LogP contribution in [0, 0.1) is 0 Å². The Labute approximate surface area is 156 Å². The van der Waals surface area contributed by atoms with Crippen LogP contribution in [0.4, 0.5) is 10.5 Å². The molecule has 0 radical (unpaired) electrons. The number of ketones is 1. The van der Waals surface area contributed by atoms with E-state index in [4.69, 9.17) is 0 Å². The van der Waals surface area contributed by atoms with Crippen LogP contribution in [0.25, 0.3) is 0 Å². The third-order valence-corrected chi connectivity index (χ3v) is 4.19. The third kappa shape index (κ3) is 8.47. The van der Waals surface area contributed by atoms with Crippen molar-refractivity contribution in [3.05, 3.63) is 66.2 Å². The first-order valence-electron chi connectivity index (χ1n) is 9.39. The Morgan fingerprint density at radius 3 is 2.08 bits per heavy atom. The lowest BCUT2D eigenvalue weighted by Crippen LogP contribution is -2.29. The third-order valence-electron chi connectivity index (χ3n) is 4.19. The number of para-hydroxylation sites is 1. The van der Waals surface area contributed by atoms with E-state index in [0.717, 1.165) is 43.4 Å². The second kappa shape index (κ2) is 11.9. The van der Waals surface area contributed by atoms with Crippen LogP contribution in [-0.4, -0.2) is 18.4 Å². The number of carbonyl (C=O) groups is 2. The molecular weight excluding hydrogens is 324 g/mol. The van der Waals surface area contributed by atoms with Crippen LogP contribution in [0.1, 0.15) is 44.1 Å². The molecular formula is C22H28N2O2. The van der Waals surface area contributed by atoms with Gasteiger partial charge < -0.3 is 10.6 Å². The molecule has 0 spiro atoms. The number of amides is 2. The second-order valence-corrected chi connectivity index (χ2v) is 6.47. The van der Waals surface area contributed by atoms with Crippen LogP contribution >= 0.6 is 0 Å². The van der Waals surface area contributed by atoms with E-state index < -0.39 is 0 Å². The number of Topliss-reactive ketones (excluding diaryl/α,β-unsaturated/α-hetero) is 1. The first-order chi connectivity index (χ1) is 12.7. The van der Waals surface area contributed by atoms with Gasteiger partial charge in [-0.05, 0) is 30.5 Å². The number of rotatable bonds is 11. The lowest BCUT2D eigenvalue weighted by Gasteiger charge is -2.07. The van der Waals surface area contributed by atoms with Gasteiger partial charge in [0.25, 0.3) is 0 Å². The molecule has 0 aliphatic carbocycles. The average molecular weight is 352 g/mol. The summed E-state index contributed by atoms with van der Waals surface area (Å²) in [7, 11) is 0. The molecule has 0 saturated heterocycles. The number of hydrogen-bond acceptors (Lipinski definition) is 2. The van der Waals surface area contributed by atoms with Crippen molar-refractivity contribution in [2.45, 2.75) is 44.9 Å². The number of carbonyl (C=O) groups excluding carboxylic acids is 2. The van der Waals surface area contributed by atoms with Crippen LogP contribution in [0.3, 0.4) is 0 Å². The number of unbranched alkanes of at least 4 members (excludes halogenated alkanes) is 4. The highest BCUT2D eigenvalue weighted by molar-refractivity contribution is 5.89. The molecule has 4 heteroatoms. The highest BCUT2D eigenvalue weighted by atomic mass is 16.2. The quantitative estimate of drug-likeness (QED) is 0.562. The first kappa shape index (κ1) is 19.7. The Morgan fingerprint density at radius 2 is 1.35 bits per heavy atom. The van der Waals surface area contributed by atoms with Gasteiger partial charge in [0, 0.05) is 25.1 Å². The van der Waals surface area contributed by atoms with E-state index >= 15 is 0 Å². The zero-order valence-corrected chi connectivity index (χ0v) is 15.2. The fraction of sp³-hybridized carbons (Fsp3) is 0.364. The SMILES string of the molecule is O=C(CCCCCCCNC(=O)Nc1ccccc1)Cc1ccccc1.